The molecule has 0 amide bonds. The molecule has 0 aliphatic carbocycles. The topological polar surface area (TPSA) is 44.9 Å². The normalized spacial score (nSPS) is 13.4. The summed E-state index contributed by atoms with van der Waals surface area (Å²) in [6.45, 7) is 5.48. The van der Waals surface area contributed by atoms with Crippen molar-refractivity contribution in [3.05, 3.63) is 11.5 Å². The highest BCUT2D eigenvalue weighted by atomic mass is 35.5. The van der Waals surface area contributed by atoms with Gasteiger partial charge in [0.05, 0.1) is 11.1 Å². The number of nitrogens with zero attached hydrogens (tertiary/aromatic N) is 4. The van der Waals surface area contributed by atoms with Gasteiger partial charge in [0.1, 0.15) is 11.3 Å². The van der Waals surface area contributed by atoms with Crippen LogP contribution in [0.5, 0.6) is 0 Å². The number of alkyl halides is 1. The summed E-state index contributed by atoms with van der Waals surface area (Å²) >= 11 is 6.21. The molecule has 100 valence electrons. The fourth-order valence-corrected chi connectivity index (χ4v) is 2.41. The van der Waals surface area contributed by atoms with Crippen molar-refractivity contribution < 1.29 is 4.74 Å². The van der Waals surface area contributed by atoms with Crippen LogP contribution in [0.4, 0.5) is 0 Å². The highest BCUT2D eigenvalue weighted by Crippen LogP contribution is 2.26. The first-order chi connectivity index (χ1) is 8.56. The largest absolute Gasteiger partial charge is 0.385 e. The minimum absolute atomic E-state index is 0.112. The molecule has 0 aliphatic heterocycles. The van der Waals surface area contributed by atoms with Gasteiger partial charge in [0.15, 0.2) is 5.65 Å². The van der Waals surface area contributed by atoms with Crippen LogP contribution in [0.3, 0.4) is 0 Å². The second-order valence-electron chi connectivity index (χ2n) is 4.47. The number of methoxy groups -OCH3 is 1. The zero-order valence-corrected chi connectivity index (χ0v) is 12.0. The van der Waals surface area contributed by atoms with Crippen LogP contribution in [0.15, 0.2) is 0 Å². The van der Waals surface area contributed by atoms with E-state index in [0.29, 0.717) is 0 Å². The minimum Gasteiger partial charge on any atom is -0.385 e. The quantitative estimate of drug-likeness (QED) is 0.619. The van der Waals surface area contributed by atoms with Crippen molar-refractivity contribution >= 4 is 22.8 Å². The third-order valence-electron chi connectivity index (χ3n) is 3.01. The van der Waals surface area contributed by atoms with Gasteiger partial charge in [-0.25, -0.2) is 4.98 Å². The summed E-state index contributed by atoms with van der Waals surface area (Å²) in [5, 5.41) is 4.29. The molecule has 18 heavy (non-hydrogen) atoms. The fraction of sp³-hybridized carbons (Fsp3) is 0.667. The van der Waals surface area contributed by atoms with Gasteiger partial charge in [0, 0.05) is 27.3 Å². The number of aromatic nitrogens is 4. The zero-order valence-electron chi connectivity index (χ0n) is 11.3. The molecule has 0 saturated heterocycles. The fourth-order valence-electron chi connectivity index (χ4n) is 2.24. The highest BCUT2D eigenvalue weighted by Gasteiger charge is 2.19. The summed E-state index contributed by atoms with van der Waals surface area (Å²) in [6.07, 6.45) is 0.933. The van der Waals surface area contributed by atoms with Gasteiger partial charge >= 0.3 is 0 Å². The van der Waals surface area contributed by atoms with Crippen molar-refractivity contribution in [1.29, 1.82) is 0 Å². The number of imidazole rings is 1. The van der Waals surface area contributed by atoms with Crippen molar-refractivity contribution in [3.63, 3.8) is 0 Å². The molecular weight excluding hydrogens is 252 g/mol. The summed E-state index contributed by atoms with van der Waals surface area (Å²) in [5.74, 6) is 0.902. The molecule has 1 unspecified atom stereocenters. The van der Waals surface area contributed by atoms with Crippen LogP contribution in [0.1, 0.15) is 30.2 Å². The Morgan fingerprint density at radius 2 is 2.17 bits per heavy atom. The van der Waals surface area contributed by atoms with Crippen LogP contribution >= 0.6 is 11.6 Å². The van der Waals surface area contributed by atoms with Gasteiger partial charge in [-0.05, 0) is 20.3 Å². The van der Waals surface area contributed by atoms with E-state index in [1.807, 2.05) is 25.6 Å². The number of rotatable bonds is 5. The standard InChI is InChI=1S/C12H19ClN4O/c1-8(13)11-14-10-9(2)15-16(3)12(10)17(11)6-5-7-18-4/h8H,5-7H2,1-4H3. The second-order valence-corrected chi connectivity index (χ2v) is 5.12. The van der Waals surface area contributed by atoms with E-state index >= 15 is 0 Å². The van der Waals surface area contributed by atoms with Crippen LogP contribution in [0.25, 0.3) is 11.2 Å². The number of ether oxygens (including phenoxy) is 1. The van der Waals surface area contributed by atoms with E-state index in [9.17, 15) is 0 Å². The minimum atomic E-state index is -0.112. The molecule has 0 fully saturated rings. The average Bonchev–Trinajstić information content (AvgIpc) is 2.80. The summed E-state index contributed by atoms with van der Waals surface area (Å²) < 4.78 is 9.11. The van der Waals surface area contributed by atoms with Gasteiger partial charge < -0.3 is 9.30 Å². The first kappa shape index (κ1) is 13.4. The third kappa shape index (κ3) is 2.24. The van der Waals surface area contributed by atoms with Crippen molar-refractivity contribution in [2.75, 3.05) is 13.7 Å². The Balaban J connectivity index is 2.47. The highest BCUT2D eigenvalue weighted by molar-refractivity contribution is 6.20. The Hall–Kier alpha value is -1.07. The van der Waals surface area contributed by atoms with Gasteiger partial charge in [0.2, 0.25) is 0 Å². The predicted octanol–water partition coefficient (Wildman–Crippen LogP) is 2.41. The summed E-state index contributed by atoms with van der Waals surface area (Å²) in [5.41, 5.74) is 2.92. The number of fused-ring (bicyclic) bond motifs is 1. The molecule has 2 aromatic heterocycles. The van der Waals surface area contributed by atoms with Crippen molar-refractivity contribution in [2.24, 2.45) is 7.05 Å². The maximum Gasteiger partial charge on any atom is 0.158 e. The predicted molar refractivity (Wildman–Crippen MR) is 72.0 cm³/mol. The van der Waals surface area contributed by atoms with E-state index in [0.717, 1.165) is 42.3 Å². The van der Waals surface area contributed by atoms with E-state index in [-0.39, 0.29) is 5.38 Å². The Morgan fingerprint density at radius 3 is 2.78 bits per heavy atom. The maximum absolute atomic E-state index is 6.21. The molecule has 5 nitrogen and oxygen atoms in total. The molecule has 0 aliphatic rings. The second kappa shape index (κ2) is 5.28. The van der Waals surface area contributed by atoms with Gasteiger partial charge in [-0.2, -0.15) is 5.10 Å². The Labute approximate surface area is 112 Å². The monoisotopic (exact) mass is 270 g/mol. The van der Waals surface area contributed by atoms with E-state index in [2.05, 4.69) is 14.6 Å². The molecule has 2 rings (SSSR count). The third-order valence-corrected chi connectivity index (χ3v) is 3.20. The molecule has 0 radical (unpaired) electrons. The first-order valence-corrected chi connectivity index (χ1v) is 6.52. The zero-order chi connectivity index (χ0) is 13.3. The van der Waals surface area contributed by atoms with Gasteiger partial charge in [0.25, 0.3) is 0 Å². The maximum atomic E-state index is 6.21. The average molecular weight is 271 g/mol. The molecule has 0 N–H and O–H groups in total. The van der Waals surface area contributed by atoms with Crippen molar-refractivity contribution in [3.8, 4) is 0 Å². The lowest BCUT2D eigenvalue weighted by atomic mass is 10.4. The van der Waals surface area contributed by atoms with Crippen LogP contribution in [0, 0.1) is 6.92 Å². The molecule has 0 saturated carbocycles. The Morgan fingerprint density at radius 1 is 1.44 bits per heavy atom. The van der Waals surface area contributed by atoms with Crippen molar-refractivity contribution in [1.82, 2.24) is 19.3 Å². The number of aryl methyl sites for hydroxylation is 3. The lowest BCUT2D eigenvalue weighted by Crippen LogP contribution is -2.09. The number of hydrogen-bond donors (Lipinski definition) is 0. The van der Waals surface area contributed by atoms with E-state index in [1.165, 1.54) is 0 Å². The first-order valence-electron chi connectivity index (χ1n) is 6.09. The van der Waals surface area contributed by atoms with Gasteiger partial charge in [-0.3, -0.25) is 4.68 Å². The number of hydrogen-bond acceptors (Lipinski definition) is 3. The summed E-state index contributed by atoms with van der Waals surface area (Å²) in [4.78, 5) is 4.62. The molecule has 1 atom stereocenters. The number of halogens is 1. The molecule has 0 bridgehead atoms. The Bertz CT molecular complexity index is 544. The molecule has 2 heterocycles. The molecule has 0 spiro atoms. The van der Waals surface area contributed by atoms with Crippen molar-refractivity contribution in [2.45, 2.75) is 32.2 Å². The van der Waals surface area contributed by atoms with Crippen LogP contribution in [0.2, 0.25) is 0 Å². The van der Waals surface area contributed by atoms with Gasteiger partial charge in [-0.15, -0.1) is 11.6 Å². The van der Waals surface area contributed by atoms with Crippen LogP contribution < -0.4 is 0 Å². The van der Waals surface area contributed by atoms with Crippen LogP contribution in [-0.2, 0) is 18.3 Å². The molecule has 6 heteroatoms. The lowest BCUT2D eigenvalue weighted by molar-refractivity contribution is 0.190. The lowest BCUT2D eigenvalue weighted by Gasteiger charge is -2.10. The van der Waals surface area contributed by atoms with Crippen LogP contribution in [-0.4, -0.2) is 33.0 Å². The van der Waals surface area contributed by atoms with E-state index in [4.69, 9.17) is 16.3 Å². The summed E-state index contributed by atoms with van der Waals surface area (Å²) in [6, 6.07) is 0. The SMILES string of the molecule is COCCCn1c(C(C)Cl)nc2c(C)nn(C)c21. The molecular formula is C12H19ClN4O. The van der Waals surface area contributed by atoms with Gasteiger partial charge in [-0.1, -0.05) is 0 Å². The smallest absolute Gasteiger partial charge is 0.158 e. The van der Waals surface area contributed by atoms with E-state index < -0.39 is 0 Å². The molecule has 2 aromatic rings. The summed E-state index contributed by atoms with van der Waals surface area (Å²) in [7, 11) is 3.65. The van der Waals surface area contributed by atoms with E-state index in [1.54, 1.807) is 7.11 Å². The molecule has 0 aromatic carbocycles. The Kier molecular flexibility index (Phi) is 3.92.